The molecule has 9 heavy (non-hydrogen) atoms. The first-order chi connectivity index (χ1) is 4.00. The van der Waals surface area contributed by atoms with Crippen LogP contribution in [0, 0.1) is 0 Å². The van der Waals surface area contributed by atoms with Crippen molar-refractivity contribution in [3.8, 4) is 0 Å². The Morgan fingerprint density at radius 2 is 0.778 bits per heavy atom. The van der Waals surface area contributed by atoms with Gasteiger partial charge in [-0.15, -0.1) is 0 Å². The zero-order chi connectivity index (χ0) is 5.66. The zero-order valence-corrected chi connectivity index (χ0v) is 6.38. The third kappa shape index (κ3) is 4.50. The smallest absolute Gasteiger partial charge is 0 e. The first-order valence-corrected chi connectivity index (χ1v) is 3.30. The Morgan fingerprint density at radius 3 is 1.00 bits per heavy atom. The first-order valence-electron chi connectivity index (χ1n) is 3.30. The molecule has 1 rings (SSSR count). The van der Waals surface area contributed by atoms with Crippen LogP contribution < -0.4 is 0 Å². The van der Waals surface area contributed by atoms with Gasteiger partial charge in [0.05, 0.1) is 0 Å². The number of rotatable bonds is 0. The maximum atomic E-state index is 2.27. The van der Waals surface area contributed by atoms with Crippen molar-refractivity contribution in [2.24, 2.45) is 0 Å². The van der Waals surface area contributed by atoms with Crippen molar-refractivity contribution in [1.29, 1.82) is 0 Å². The summed E-state index contributed by atoms with van der Waals surface area (Å²) < 4.78 is 0. The molecule has 0 saturated carbocycles. The fraction of sp³-hybridized carbons (Fsp3) is 0.500. The average molecular weight is 172 g/mol. The molecule has 55 valence electrons. The van der Waals surface area contributed by atoms with E-state index in [0.717, 1.165) is 0 Å². The van der Waals surface area contributed by atoms with Crippen LogP contribution >= 0.6 is 0 Å². The van der Waals surface area contributed by atoms with Gasteiger partial charge in [-0.25, -0.2) is 0 Å². The van der Waals surface area contributed by atoms with Gasteiger partial charge < -0.3 is 0 Å². The van der Waals surface area contributed by atoms with E-state index in [1.54, 1.807) is 0 Å². The summed E-state index contributed by atoms with van der Waals surface area (Å²) in [7, 11) is 0. The molecule has 0 fully saturated rings. The van der Waals surface area contributed by atoms with Crippen molar-refractivity contribution in [3.63, 3.8) is 0 Å². The van der Waals surface area contributed by atoms with Crippen molar-refractivity contribution in [2.75, 3.05) is 0 Å². The molecule has 0 aliphatic heterocycles. The standard InChI is InChI=1S/C8H12.Cu/c1-2-4-6-8-7-5-3-1;/h1-2,7-8H,3-6H2;/b2-1-,8-7?;. The molecule has 0 nitrogen and oxygen atoms in total. The topological polar surface area (TPSA) is 0 Å². The number of hydrogen-bond acceptors (Lipinski definition) is 0. The molecule has 0 amide bonds. The fourth-order valence-electron chi connectivity index (χ4n) is 0.856. The zero-order valence-electron chi connectivity index (χ0n) is 5.44. The summed E-state index contributed by atoms with van der Waals surface area (Å²) in [5.41, 5.74) is 0. The van der Waals surface area contributed by atoms with Crippen molar-refractivity contribution < 1.29 is 17.1 Å². The average Bonchev–Trinajstić information content (AvgIpc) is 1.62. The Labute approximate surface area is 67.5 Å². The van der Waals surface area contributed by atoms with Crippen LogP contribution in [0.25, 0.3) is 0 Å². The molecule has 0 aromatic heterocycles. The van der Waals surface area contributed by atoms with E-state index in [1.807, 2.05) is 0 Å². The van der Waals surface area contributed by atoms with Crippen molar-refractivity contribution in [1.82, 2.24) is 0 Å². The van der Waals surface area contributed by atoms with Gasteiger partial charge in [0.2, 0.25) is 0 Å². The minimum atomic E-state index is 0. The van der Waals surface area contributed by atoms with E-state index in [9.17, 15) is 0 Å². The molecular weight excluding hydrogens is 160 g/mol. The maximum absolute atomic E-state index is 2.27. The molecule has 0 bridgehead atoms. The molecule has 0 unspecified atom stereocenters. The third-order valence-corrected chi connectivity index (χ3v) is 1.33. The molecule has 0 N–H and O–H groups in total. The molecule has 0 spiro atoms. The Bertz CT molecular complexity index is 77.1. The predicted octanol–water partition coefficient (Wildman–Crippen LogP) is 2.67. The predicted molar refractivity (Wildman–Crippen MR) is 36.7 cm³/mol. The molecule has 0 atom stereocenters. The quantitative estimate of drug-likeness (QED) is 0.389. The summed E-state index contributed by atoms with van der Waals surface area (Å²) >= 11 is 0. The van der Waals surface area contributed by atoms with Crippen LogP contribution in [0.2, 0.25) is 0 Å². The van der Waals surface area contributed by atoms with Gasteiger partial charge in [0, 0.05) is 17.1 Å². The van der Waals surface area contributed by atoms with Crippen molar-refractivity contribution >= 4 is 0 Å². The summed E-state index contributed by atoms with van der Waals surface area (Å²) in [6, 6.07) is 0. The second-order valence-corrected chi connectivity index (χ2v) is 2.10. The largest absolute Gasteiger partial charge is 0.0882 e. The minimum absolute atomic E-state index is 0. The van der Waals surface area contributed by atoms with Crippen LogP contribution in [0.4, 0.5) is 0 Å². The second kappa shape index (κ2) is 6.12. The Balaban J connectivity index is 0.000000640. The third-order valence-electron chi connectivity index (χ3n) is 1.33. The maximum Gasteiger partial charge on any atom is 0 e. The normalized spacial score (nSPS) is 21.3. The van der Waals surface area contributed by atoms with E-state index in [-0.39, 0.29) is 17.1 Å². The summed E-state index contributed by atoms with van der Waals surface area (Å²) in [5.74, 6) is 0. The second-order valence-electron chi connectivity index (χ2n) is 2.10. The van der Waals surface area contributed by atoms with E-state index >= 15 is 0 Å². The summed E-state index contributed by atoms with van der Waals surface area (Å²) in [6.45, 7) is 0. The molecule has 1 aliphatic rings. The van der Waals surface area contributed by atoms with Gasteiger partial charge in [-0.2, -0.15) is 0 Å². The van der Waals surface area contributed by atoms with Crippen LogP contribution in [-0.2, 0) is 17.1 Å². The molecule has 1 radical (unpaired) electrons. The van der Waals surface area contributed by atoms with Gasteiger partial charge in [0.1, 0.15) is 0 Å². The fourth-order valence-corrected chi connectivity index (χ4v) is 0.856. The van der Waals surface area contributed by atoms with Crippen LogP contribution in [0.1, 0.15) is 25.7 Å². The minimum Gasteiger partial charge on any atom is -0.0882 e. The number of hydrogen-bond donors (Lipinski definition) is 0. The van der Waals surface area contributed by atoms with Crippen molar-refractivity contribution in [3.05, 3.63) is 24.3 Å². The molecule has 1 heteroatoms. The van der Waals surface area contributed by atoms with E-state index in [2.05, 4.69) is 24.3 Å². The summed E-state index contributed by atoms with van der Waals surface area (Å²) in [4.78, 5) is 0. The van der Waals surface area contributed by atoms with Crippen molar-refractivity contribution in [2.45, 2.75) is 25.7 Å². The van der Waals surface area contributed by atoms with Gasteiger partial charge in [-0.1, -0.05) is 24.3 Å². The molecule has 0 heterocycles. The Morgan fingerprint density at radius 1 is 0.556 bits per heavy atom. The van der Waals surface area contributed by atoms with Gasteiger partial charge in [0.15, 0.2) is 0 Å². The molecular formula is C8H12Cu. The van der Waals surface area contributed by atoms with Gasteiger partial charge in [0.25, 0.3) is 0 Å². The van der Waals surface area contributed by atoms with Gasteiger partial charge >= 0.3 is 0 Å². The van der Waals surface area contributed by atoms with E-state index in [0.29, 0.717) is 0 Å². The summed E-state index contributed by atoms with van der Waals surface area (Å²) in [5, 5.41) is 0. The summed E-state index contributed by atoms with van der Waals surface area (Å²) in [6.07, 6.45) is 14.0. The first kappa shape index (κ1) is 9.00. The monoisotopic (exact) mass is 171 g/mol. The van der Waals surface area contributed by atoms with E-state index in [4.69, 9.17) is 0 Å². The molecule has 0 saturated heterocycles. The van der Waals surface area contributed by atoms with Gasteiger partial charge in [-0.05, 0) is 25.7 Å². The Kier molecular flexibility index (Phi) is 6.12. The molecule has 0 aromatic carbocycles. The molecule has 1 aliphatic carbocycles. The van der Waals surface area contributed by atoms with Crippen LogP contribution in [0.5, 0.6) is 0 Å². The van der Waals surface area contributed by atoms with Crippen LogP contribution in [0.15, 0.2) is 24.3 Å². The van der Waals surface area contributed by atoms with Gasteiger partial charge in [-0.3, -0.25) is 0 Å². The number of allylic oxidation sites excluding steroid dienone is 4. The molecule has 0 aromatic rings. The Hall–Kier alpha value is -0.000519. The van der Waals surface area contributed by atoms with E-state index < -0.39 is 0 Å². The van der Waals surface area contributed by atoms with E-state index in [1.165, 1.54) is 25.7 Å². The van der Waals surface area contributed by atoms with Crippen LogP contribution in [-0.4, -0.2) is 0 Å². The SMILES string of the molecule is C1=CCC/C=C\CC1.[Cu]. The van der Waals surface area contributed by atoms with Crippen LogP contribution in [0.3, 0.4) is 0 Å².